The molecule has 7 nitrogen and oxygen atoms in total. The quantitative estimate of drug-likeness (QED) is 0.793. The molecule has 0 fully saturated rings. The minimum absolute atomic E-state index is 0.167. The fourth-order valence-electron chi connectivity index (χ4n) is 1.60. The van der Waals surface area contributed by atoms with Crippen molar-refractivity contribution in [1.82, 2.24) is 4.90 Å². The molecule has 2 N–H and O–H groups in total. The summed E-state index contributed by atoms with van der Waals surface area (Å²) in [5, 5.41) is 32.1. The van der Waals surface area contributed by atoms with E-state index in [1.807, 2.05) is 0 Å². The highest BCUT2D eigenvalue weighted by atomic mass is 16.2. The van der Waals surface area contributed by atoms with Crippen LogP contribution in [0.4, 0.5) is 11.4 Å². The number of allylic oxidation sites excluding steroid dienone is 2. The predicted octanol–water partition coefficient (Wildman–Crippen LogP) is 1.42. The van der Waals surface area contributed by atoms with E-state index < -0.39 is 0 Å². The third-order valence-corrected chi connectivity index (χ3v) is 2.51. The SMILES string of the molecule is CN(C)CC(=O)Nc1ccccc1NC(C#N)=C(C#N)C#N. The fraction of sp³-hybridized carbons (Fsp3) is 0.200. The molecule has 0 spiro atoms. The maximum Gasteiger partial charge on any atom is 0.238 e. The van der Waals surface area contributed by atoms with Crippen LogP contribution in [-0.4, -0.2) is 31.4 Å². The Balaban J connectivity index is 3.06. The molecule has 1 aromatic rings. The van der Waals surface area contributed by atoms with E-state index in [4.69, 9.17) is 15.8 Å². The largest absolute Gasteiger partial charge is 0.343 e. The van der Waals surface area contributed by atoms with Gasteiger partial charge in [0.2, 0.25) is 5.91 Å². The number of carbonyl (C=O) groups is 1. The van der Waals surface area contributed by atoms with E-state index in [2.05, 4.69) is 10.6 Å². The maximum absolute atomic E-state index is 11.8. The molecule has 7 heteroatoms. The second kappa shape index (κ2) is 8.06. The van der Waals surface area contributed by atoms with Gasteiger partial charge in [0.15, 0.2) is 5.57 Å². The van der Waals surface area contributed by atoms with E-state index >= 15 is 0 Å². The lowest BCUT2D eigenvalue weighted by Gasteiger charge is -2.14. The average Bonchev–Trinajstić information content (AvgIpc) is 2.48. The lowest BCUT2D eigenvalue weighted by Crippen LogP contribution is -2.27. The number of benzene rings is 1. The molecule has 110 valence electrons. The van der Waals surface area contributed by atoms with Gasteiger partial charge in [0.05, 0.1) is 17.9 Å². The van der Waals surface area contributed by atoms with Gasteiger partial charge in [-0.2, -0.15) is 15.8 Å². The molecule has 1 aromatic carbocycles. The molecule has 0 aromatic heterocycles. The zero-order valence-corrected chi connectivity index (χ0v) is 12.2. The van der Waals surface area contributed by atoms with Crippen LogP contribution in [0.2, 0.25) is 0 Å². The highest BCUT2D eigenvalue weighted by Gasteiger charge is 2.11. The number of nitriles is 3. The molecule has 1 rings (SSSR count). The Labute approximate surface area is 128 Å². The van der Waals surface area contributed by atoms with Crippen LogP contribution in [0.25, 0.3) is 0 Å². The van der Waals surface area contributed by atoms with Gasteiger partial charge < -0.3 is 15.5 Å². The minimum Gasteiger partial charge on any atom is -0.343 e. The number of amides is 1. The standard InChI is InChI=1S/C15H14N6O/c1-21(2)10-15(22)20-13-6-4-3-5-12(13)19-14(9-18)11(7-16)8-17/h3-6,19H,10H2,1-2H3,(H,20,22). The van der Waals surface area contributed by atoms with Gasteiger partial charge in [-0.05, 0) is 26.2 Å². The predicted molar refractivity (Wildman–Crippen MR) is 81.1 cm³/mol. The fourth-order valence-corrected chi connectivity index (χ4v) is 1.60. The number of nitrogens with zero attached hydrogens (tertiary/aromatic N) is 4. The number of carbonyl (C=O) groups excluding carboxylic acids is 1. The van der Waals surface area contributed by atoms with Crippen molar-refractivity contribution < 1.29 is 4.79 Å². The number of para-hydroxylation sites is 2. The minimum atomic E-state index is -0.322. The summed E-state index contributed by atoms with van der Waals surface area (Å²) in [4.78, 5) is 13.5. The summed E-state index contributed by atoms with van der Waals surface area (Å²) < 4.78 is 0. The Hall–Kier alpha value is -3.34. The summed E-state index contributed by atoms with van der Waals surface area (Å²) in [6.07, 6.45) is 0. The van der Waals surface area contributed by atoms with Crippen LogP contribution in [0, 0.1) is 34.0 Å². The maximum atomic E-state index is 11.8. The Morgan fingerprint density at radius 1 is 1.05 bits per heavy atom. The highest BCUT2D eigenvalue weighted by Crippen LogP contribution is 2.23. The first-order valence-electron chi connectivity index (χ1n) is 6.27. The first-order valence-corrected chi connectivity index (χ1v) is 6.27. The lowest BCUT2D eigenvalue weighted by atomic mass is 10.2. The number of nitrogens with one attached hydrogen (secondary N) is 2. The Morgan fingerprint density at radius 2 is 1.59 bits per heavy atom. The average molecular weight is 294 g/mol. The van der Waals surface area contributed by atoms with Crippen molar-refractivity contribution in [1.29, 1.82) is 15.8 Å². The zero-order valence-electron chi connectivity index (χ0n) is 12.2. The van der Waals surface area contributed by atoms with Crippen molar-refractivity contribution >= 4 is 17.3 Å². The first kappa shape index (κ1) is 16.7. The number of anilines is 2. The molecule has 0 unspecified atom stereocenters. The number of likely N-dealkylation sites (N-methyl/N-ethyl adjacent to an activating group) is 1. The highest BCUT2D eigenvalue weighted by molar-refractivity contribution is 5.95. The van der Waals surface area contributed by atoms with Crippen LogP contribution in [0.15, 0.2) is 35.5 Å². The van der Waals surface area contributed by atoms with E-state index in [9.17, 15) is 4.79 Å². The summed E-state index contributed by atoms with van der Waals surface area (Å²) in [7, 11) is 3.54. The monoisotopic (exact) mass is 294 g/mol. The van der Waals surface area contributed by atoms with Crippen LogP contribution in [0.5, 0.6) is 0 Å². The third-order valence-electron chi connectivity index (χ3n) is 2.51. The molecule has 0 aliphatic heterocycles. The van der Waals surface area contributed by atoms with Crippen LogP contribution < -0.4 is 10.6 Å². The second-order valence-corrected chi connectivity index (χ2v) is 4.54. The summed E-state index contributed by atoms with van der Waals surface area (Å²) in [6.45, 7) is 0.205. The van der Waals surface area contributed by atoms with Gasteiger partial charge in [-0.3, -0.25) is 4.79 Å². The molecule has 0 bridgehead atoms. The molecular weight excluding hydrogens is 280 g/mol. The Kier molecular flexibility index (Phi) is 6.12. The van der Waals surface area contributed by atoms with Gasteiger partial charge >= 0.3 is 0 Å². The summed E-state index contributed by atoms with van der Waals surface area (Å²) in [5.41, 5.74) is 0.391. The van der Waals surface area contributed by atoms with Crippen molar-refractivity contribution in [2.45, 2.75) is 0 Å². The smallest absolute Gasteiger partial charge is 0.238 e. The molecule has 22 heavy (non-hydrogen) atoms. The molecule has 0 saturated heterocycles. The molecule has 0 aliphatic carbocycles. The van der Waals surface area contributed by atoms with Gasteiger partial charge in [0.25, 0.3) is 0 Å². The van der Waals surface area contributed by atoms with Crippen molar-refractivity contribution in [2.24, 2.45) is 0 Å². The van der Waals surface area contributed by atoms with E-state index in [0.717, 1.165) is 0 Å². The lowest BCUT2D eigenvalue weighted by molar-refractivity contribution is -0.116. The van der Waals surface area contributed by atoms with Crippen molar-refractivity contribution in [3.63, 3.8) is 0 Å². The number of rotatable bonds is 5. The van der Waals surface area contributed by atoms with Crippen LogP contribution in [0.1, 0.15) is 0 Å². The molecule has 0 radical (unpaired) electrons. The molecule has 0 atom stereocenters. The second-order valence-electron chi connectivity index (χ2n) is 4.54. The third kappa shape index (κ3) is 4.64. The molecule has 1 amide bonds. The van der Waals surface area contributed by atoms with Crippen molar-refractivity contribution in [3.05, 3.63) is 35.5 Å². The van der Waals surface area contributed by atoms with E-state index in [-0.39, 0.29) is 23.7 Å². The van der Waals surface area contributed by atoms with Crippen molar-refractivity contribution in [2.75, 3.05) is 31.3 Å². The van der Waals surface area contributed by atoms with Crippen molar-refractivity contribution in [3.8, 4) is 18.2 Å². The Morgan fingerprint density at radius 3 is 2.05 bits per heavy atom. The summed E-state index contributed by atoms with van der Waals surface area (Å²) in [6, 6.07) is 11.8. The van der Waals surface area contributed by atoms with Crippen LogP contribution >= 0.6 is 0 Å². The van der Waals surface area contributed by atoms with E-state index in [1.165, 1.54) is 0 Å². The molecule has 0 saturated carbocycles. The van der Waals surface area contributed by atoms with Gasteiger partial charge in [-0.25, -0.2) is 0 Å². The normalized spacial score (nSPS) is 9.09. The topological polar surface area (TPSA) is 116 Å². The first-order chi connectivity index (χ1) is 10.5. The molecule has 0 aliphatic rings. The van der Waals surface area contributed by atoms with Gasteiger partial charge in [-0.1, -0.05) is 12.1 Å². The molecule has 0 heterocycles. The van der Waals surface area contributed by atoms with Gasteiger partial charge in [0.1, 0.15) is 23.9 Å². The van der Waals surface area contributed by atoms with Gasteiger partial charge in [-0.15, -0.1) is 0 Å². The van der Waals surface area contributed by atoms with Crippen LogP contribution in [-0.2, 0) is 4.79 Å². The summed E-state index contributed by atoms with van der Waals surface area (Å²) >= 11 is 0. The van der Waals surface area contributed by atoms with E-state index in [1.54, 1.807) is 61.5 Å². The molecular formula is C15H14N6O. The zero-order chi connectivity index (χ0) is 16.5. The van der Waals surface area contributed by atoms with E-state index in [0.29, 0.717) is 11.4 Å². The van der Waals surface area contributed by atoms with Gasteiger partial charge in [0, 0.05) is 0 Å². The van der Waals surface area contributed by atoms with Crippen LogP contribution in [0.3, 0.4) is 0 Å². The number of hydrogen-bond donors (Lipinski definition) is 2. The Bertz CT molecular complexity index is 699. The summed E-state index contributed by atoms with van der Waals surface area (Å²) in [5.74, 6) is -0.220. The number of hydrogen-bond acceptors (Lipinski definition) is 6.